The number of hydrogen-bond acceptors (Lipinski definition) is 3. The number of carbonyl (C=O) groups is 2. The molecule has 64 valence electrons. The van der Waals surface area contributed by atoms with Crippen LogP contribution >= 0.6 is 0 Å². The van der Waals surface area contributed by atoms with Crippen molar-refractivity contribution in [3.8, 4) is 0 Å². The molecule has 0 saturated heterocycles. The number of hydrogen-bond donors (Lipinski definition) is 3. The molecule has 0 radical (unpaired) electrons. The molecule has 0 rings (SSSR count). The average molecular weight is 164 g/mol. The normalized spacial score (nSPS) is 6.91. The Morgan fingerprint density at radius 1 is 1.36 bits per heavy atom. The van der Waals surface area contributed by atoms with Crippen LogP contribution in [0.5, 0.6) is 0 Å². The van der Waals surface area contributed by atoms with Crippen molar-refractivity contribution in [1.82, 2.24) is 0 Å². The molecular formula is C5H8O6. The predicted molar refractivity (Wildman–Crippen MR) is 34.8 cm³/mol. The summed E-state index contributed by atoms with van der Waals surface area (Å²) in [5, 5.41) is 21.7. The minimum absolute atomic E-state index is 0.0648. The average Bonchev–Trinajstić information content (AvgIpc) is 1.82. The van der Waals surface area contributed by atoms with Gasteiger partial charge in [-0.2, -0.15) is 0 Å². The molecule has 0 bridgehead atoms. The van der Waals surface area contributed by atoms with E-state index in [1.54, 1.807) is 0 Å². The van der Waals surface area contributed by atoms with Crippen molar-refractivity contribution in [3.05, 3.63) is 12.7 Å². The number of ether oxygens (including phenoxy) is 1. The van der Waals surface area contributed by atoms with Gasteiger partial charge in [0.2, 0.25) is 0 Å². The van der Waals surface area contributed by atoms with E-state index in [1.807, 2.05) is 0 Å². The first-order valence-corrected chi connectivity index (χ1v) is 2.39. The van der Waals surface area contributed by atoms with Crippen molar-refractivity contribution >= 4 is 12.3 Å². The van der Waals surface area contributed by atoms with Crippen LogP contribution in [0.3, 0.4) is 0 Å². The van der Waals surface area contributed by atoms with Crippen LogP contribution < -0.4 is 0 Å². The van der Waals surface area contributed by atoms with Crippen LogP contribution in [-0.4, -0.2) is 34.2 Å². The van der Waals surface area contributed by atoms with Gasteiger partial charge in [-0.25, -0.2) is 9.59 Å². The van der Waals surface area contributed by atoms with Gasteiger partial charge in [0, 0.05) is 0 Å². The van der Waals surface area contributed by atoms with Gasteiger partial charge in [-0.15, -0.1) is 0 Å². The van der Waals surface area contributed by atoms with Crippen LogP contribution in [0.4, 0.5) is 9.59 Å². The second-order valence-corrected chi connectivity index (χ2v) is 1.15. The minimum Gasteiger partial charge on any atom is -0.450 e. The zero-order chi connectivity index (χ0) is 9.28. The molecule has 6 heteroatoms. The quantitative estimate of drug-likeness (QED) is 0.416. The molecule has 0 fully saturated rings. The topological polar surface area (TPSA) is 104 Å². The van der Waals surface area contributed by atoms with Gasteiger partial charge < -0.3 is 20.1 Å². The zero-order valence-corrected chi connectivity index (χ0v) is 5.56. The molecule has 0 unspecified atom stereocenters. The molecule has 0 aliphatic heterocycles. The van der Waals surface area contributed by atoms with Crippen LogP contribution in [-0.2, 0) is 4.74 Å². The summed E-state index contributed by atoms with van der Waals surface area (Å²) >= 11 is 0. The van der Waals surface area contributed by atoms with Gasteiger partial charge in [0.15, 0.2) is 0 Å². The molecule has 0 atom stereocenters. The summed E-state index contributed by atoms with van der Waals surface area (Å²) in [6.45, 7) is 3.31. The lowest BCUT2D eigenvalue weighted by Gasteiger charge is -1.88. The van der Waals surface area contributed by atoms with E-state index in [1.165, 1.54) is 6.08 Å². The molecular weight excluding hydrogens is 156 g/mol. The fourth-order valence-electron chi connectivity index (χ4n) is 0.130. The predicted octanol–water partition coefficient (Wildman–Crippen LogP) is 1.09. The highest BCUT2D eigenvalue weighted by molar-refractivity contribution is 5.56. The van der Waals surface area contributed by atoms with Crippen molar-refractivity contribution in [1.29, 1.82) is 0 Å². The van der Waals surface area contributed by atoms with Gasteiger partial charge in [-0.3, -0.25) is 0 Å². The number of rotatable bonds is 2. The molecule has 0 aliphatic carbocycles. The van der Waals surface area contributed by atoms with Gasteiger partial charge in [0.05, 0.1) is 0 Å². The van der Waals surface area contributed by atoms with E-state index < -0.39 is 12.3 Å². The van der Waals surface area contributed by atoms with E-state index in [-0.39, 0.29) is 6.61 Å². The monoisotopic (exact) mass is 164 g/mol. The molecule has 0 spiro atoms. The number of carboxylic acid groups (broad SMARTS) is 3. The maximum atomic E-state index is 9.49. The van der Waals surface area contributed by atoms with E-state index in [9.17, 15) is 4.79 Å². The maximum absolute atomic E-state index is 9.49. The Bertz CT molecular complexity index is 136. The van der Waals surface area contributed by atoms with Crippen LogP contribution in [0.15, 0.2) is 12.7 Å². The van der Waals surface area contributed by atoms with Crippen molar-refractivity contribution < 1.29 is 29.6 Å². The van der Waals surface area contributed by atoms with Crippen molar-refractivity contribution in [3.63, 3.8) is 0 Å². The summed E-state index contributed by atoms with van der Waals surface area (Å²) in [6.07, 6.45) is -1.73. The third-order valence-electron chi connectivity index (χ3n) is 0.325. The van der Waals surface area contributed by atoms with Crippen molar-refractivity contribution in [2.24, 2.45) is 0 Å². The molecule has 0 aliphatic rings. The highest BCUT2D eigenvalue weighted by Crippen LogP contribution is 1.73. The third kappa shape index (κ3) is 62.8. The lowest BCUT2D eigenvalue weighted by atomic mass is 10.7. The Morgan fingerprint density at radius 3 is 1.82 bits per heavy atom. The summed E-state index contributed by atoms with van der Waals surface area (Å²) in [5.74, 6) is 0. The fourth-order valence-corrected chi connectivity index (χ4v) is 0.130. The molecule has 6 nitrogen and oxygen atoms in total. The van der Waals surface area contributed by atoms with Gasteiger partial charge in [-0.05, 0) is 0 Å². The van der Waals surface area contributed by atoms with Gasteiger partial charge >= 0.3 is 12.3 Å². The van der Waals surface area contributed by atoms with Crippen LogP contribution in [0.2, 0.25) is 0 Å². The summed E-state index contributed by atoms with van der Waals surface area (Å²) in [4.78, 5) is 18.0. The third-order valence-corrected chi connectivity index (χ3v) is 0.325. The molecule has 0 saturated carbocycles. The Balaban J connectivity index is 0. The van der Waals surface area contributed by atoms with Gasteiger partial charge in [0.25, 0.3) is 0 Å². The van der Waals surface area contributed by atoms with Crippen LogP contribution in [0.25, 0.3) is 0 Å². The van der Waals surface area contributed by atoms with Crippen molar-refractivity contribution in [2.45, 2.75) is 0 Å². The molecule has 0 heterocycles. The first-order valence-electron chi connectivity index (χ1n) is 2.39. The minimum atomic E-state index is -1.83. The van der Waals surface area contributed by atoms with Crippen molar-refractivity contribution in [2.75, 3.05) is 6.61 Å². The molecule has 11 heavy (non-hydrogen) atoms. The lowest BCUT2D eigenvalue weighted by Crippen LogP contribution is -1.98. The lowest BCUT2D eigenvalue weighted by molar-refractivity contribution is 0.102. The molecule has 0 aromatic rings. The summed E-state index contributed by atoms with van der Waals surface area (Å²) in [5.41, 5.74) is 0. The van der Waals surface area contributed by atoms with Crippen LogP contribution in [0.1, 0.15) is 0 Å². The second-order valence-electron chi connectivity index (χ2n) is 1.15. The summed E-state index contributed by atoms with van der Waals surface area (Å²) in [6, 6.07) is 0. The highest BCUT2D eigenvalue weighted by atomic mass is 16.7. The molecule has 0 aromatic heterocycles. The van der Waals surface area contributed by atoms with Gasteiger partial charge in [-0.1, -0.05) is 12.7 Å². The fraction of sp³-hybridized carbons (Fsp3) is 0.200. The second kappa shape index (κ2) is 8.28. The summed E-state index contributed by atoms with van der Waals surface area (Å²) in [7, 11) is 0. The first kappa shape index (κ1) is 12.0. The Hall–Kier alpha value is -1.72. The smallest absolute Gasteiger partial charge is 0.450 e. The highest BCUT2D eigenvalue weighted by Gasteiger charge is 1.87. The van der Waals surface area contributed by atoms with Crippen LogP contribution in [0, 0.1) is 0 Å². The molecule has 3 N–H and O–H groups in total. The maximum Gasteiger partial charge on any atom is 0.506 e. The van der Waals surface area contributed by atoms with E-state index in [2.05, 4.69) is 11.3 Å². The Labute approximate surface area is 62.3 Å². The molecule has 0 amide bonds. The zero-order valence-electron chi connectivity index (χ0n) is 5.56. The Kier molecular flexibility index (Phi) is 9.04. The van der Waals surface area contributed by atoms with E-state index >= 15 is 0 Å². The first-order chi connectivity index (χ1) is 5.00. The van der Waals surface area contributed by atoms with E-state index in [4.69, 9.17) is 20.1 Å². The molecule has 0 aromatic carbocycles. The van der Waals surface area contributed by atoms with E-state index in [0.717, 1.165) is 0 Å². The standard InChI is InChI=1S/C4H6O3.CH2O3/c1-2-3-7-4(5)6;2-1(3)4/h2H,1,3H2,(H,5,6);(H2,2,3,4). The largest absolute Gasteiger partial charge is 0.506 e. The van der Waals surface area contributed by atoms with Gasteiger partial charge in [0.1, 0.15) is 6.61 Å². The van der Waals surface area contributed by atoms with E-state index in [0.29, 0.717) is 0 Å². The Morgan fingerprint density at radius 2 is 1.73 bits per heavy atom. The summed E-state index contributed by atoms with van der Waals surface area (Å²) < 4.78 is 3.99. The SMILES string of the molecule is C=CCOC(=O)O.O=C(O)O.